The Balaban J connectivity index is 0.000000210. The van der Waals surface area contributed by atoms with Gasteiger partial charge in [-0.25, -0.2) is 0 Å². The number of hydrogen-bond donors (Lipinski definition) is 0. The van der Waals surface area contributed by atoms with Crippen LogP contribution in [0.1, 0.15) is 19.3 Å². The van der Waals surface area contributed by atoms with Crippen LogP contribution in [-0.4, -0.2) is 19.6 Å². The van der Waals surface area contributed by atoms with Crippen molar-refractivity contribution in [3.05, 3.63) is 35.1 Å². The van der Waals surface area contributed by atoms with Crippen molar-refractivity contribution in [1.29, 1.82) is 0 Å². The maximum atomic E-state index is 4.18. The monoisotopic (exact) mass is 620 g/mol. The van der Waals surface area contributed by atoms with E-state index in [1.807, 2.05) is 18.2 Å². The Morgan fingerprint density at radius 1 is 1.00 bits per heavy atom. The van der Waals surface area contributed by atoms with E-state index >= 15 is 0 Å². The summed E-state index contributed by atoms with van der Waals surface area (Å²) in [6.07, 6.45) is 11.8. The fourth-order valence-corrected chi connectivity index (χ4v) is 1.11. The van der Waals surface area contributed by atoms with E-state index in [1.54, 1.807) is 6.20 Å². The molecule has 0 spiro atoms. The topological polar surface area (TPSA) is 28.2 Å². The van der Waals surface area contributed by atoms with Crippen molar-refractivity contribution < 1.29 is 15.9 Å². The van der Waals surface area contributed by atoms with Gasteiger partial charge in [-0.15, -0.1) is 25.7 Å². The molecule has 0 aromatic rings. The van der Waals surface area contributed by atoms with E-state index in [9.17, 15) is 0 Å². The second-order valence-electron chi connectivity index (χ2n) is 2.97. The van der Waals surface area contributed by atoms with E-state index in [0.29, 0.717) is 0 Å². The molecule has 0 aromatic carbocycles. The molecule has 5 heteroatoms. The molecule has 2 rings (SSSR count). The summed E-state index contributed by atoms with van der Waals surface area (Å²) in [5, 5.41) is 8.09. The number of allylic oxidation sites excluding steroid dienone is 2. The summed E-state index contributed by atoms with van der Waals surface area (Å²) in [6.45, 7) is 3.11. The standard InChI is InChI=1S/C5H10N.C5H6N.Hg.2HI/c2*1-2-4-6-5-3-1;;;/h1-5H2;1-4H,5H2;;2*1H/q2*-1;+2;;/p-2. The van der Waals surface area contributed by atoms with Crippen LogP contribution in [0.15, 0.2) is 24.4 Å². The van der Waals surface area contributed by atoms with Gasteiger partial charge >= 0.3 is 51.2 Å². The first-order valence-corrected chi connectivity index (χ1v) is 36.1. The van der Waals surface area contributed by atoms with Crippen LogP contribution < -0.4 is 0 Å². The Labute approximate surface area is 123 Å². The summed E-state index contributed by atoms with van der Waals surface area (Å²) in [7, 11) is 0. The van der Waals surface area contributed by atoms with Crippen LogP contribution in [0.3, 0.4) is 0 Å². The number of halogens is 2. The van der Waals surface area contributed by atoms with Gasteiger partial charge in [0.1, 0.15) is 0 Å². The SMILES string of the molecule is C1=CC[N-]C=C1.C1CC[N-]CC1.[I][Hg][I]. The molecule has 0 amide bonds. The van der Waals surface area contributed by atoms with Crippen LogP contribution in [-0.2, 0) is 15.9 Å². The molecule has 2 heterocycles. The summed E-state index contributed by atoms with van der Waals surface area (Å²) in [4.78, 5) is 0. The van der Waals surface area contributed by atoms with Crippen LogP contribution >= 0.6 is 35.3 Å². The molecule has 2 aliphatic rings. The Kier molecular flexibility index (Phi) is 17.3. The second-order valence-corrected chi connectivity index (χ2v) is 42.8. The summed E-state index contributed by atoms with van der Waals surface area (Å²) < 4.78 is 0. The fourth-order valence-electron chi connectivity index (χ4n) is 1.11. The van der Waals surface area contributed by atoms with Crippen LogP contribution in [0, 0.1) is 0 Å². The number of rotatable bonds is 0. The minimum atomic E-state index is -0.143. The molecule has 0 aromatic heterocycles. The number of hydrogen-bond acceptors (Lipinski definition) is 0. The molecule has 2 aliphatic heterocycles. The molecule has 0 unspecified atom stereocenters. The predicted molar refractivity (Wildman–Crippen MR) is 81.5 cm³/mol. The van der Waals surface area contributed by atoms with Gasteiger partial charge in [0.25, 0.3) is 0 Å². The average Bonchev–Trinajstić information content (AvgIpc) is 2.35. The minimum absolute atomic E-state index is 0.143. The van der Waals surface area contributed by atoms with Crippen molar-refractivity contribution in [3.8, 4) is 0 Å². The average molecular weight is 619 g/mol. The Morgan fingerprint density at radius 2 is 1.67 bits per heavy atom. The maximum absolute atomic E-state index is 4.18. The van der Waals surface area contributed by atoms with Crippen molar-refractivity contribution >= 4 is 35.3 Å². The van der Waals surface area contributed by atoms with Crippen LogP contribution in [0.5, 0.6) is 0 Å². The van der Waals surface area contributed by atoms with E-state index in [1.165, 1.54) is 19.3 Å². The summed E-state index contributed by atoms with van der Waals surface area (Å²) in [6, 6.07) is 0. The van der Waals surface area contributed by atoms with Crippen molar-refractivity contribution in [1.82, 2.24) is 0 Å². The first-order chi connectivity index (χ1) is 7.41. The molecule has 15 heavy (non-hydrogen) atoms. The zero-order chi connectivity index (χ0) is 11.2. The first kappa shape index (κ1) is 16.6. The molecule has 0 saturated carbocycles. The third kappa shape index (κ3) is 15.6. The van der Waals surface area contributed by atoms with Crippen molar-refractivity contribution in [3.63, 3.8) is 0 Å². The van der Waals surface area contributed by atoms with Crippen molar-refractivity contribution in [2.24, 2.45) is 0 Å². The third-order valence-electron chi connectivity index (χ3n) is 1.78. The predicted octanol–water partition coefficient (Wildman–Crippen LogP) is 4.76. The van der Waals surface area contributed by atoms with Crippen LogP contribution in [0.4, 0.5) is 0 Å². The Morgan fingerprint density at radius 3 is 1.80 bits per heavy atom. The van der Waals surface area contributed by atoms with E-state index in [0.717, 1.165) is 19.6 Å². The van der Waals surface area contributed by atoms with Crippen LogP contribution in [0.2, 0.25) is 0 Å². The molecule has 0 radical (unpaired) electrons. The van der Waals surface area contributed by atoms with Gasteiger partial charge < -0.3 is 10.6 Å². The second kappa shape index (κ2) is 15.6. The molecule has 1 fully saturated rings. The number of piperidine rings is 1. The molecule has 2 nitrogen and oxygen atoms in total. The van der Waals surface area contributed by atoms with Crippen molar-refractivity contribution in [2.45, 2.75) is 19.3 Å². The van der Waals surface area contributed by atoms with Crippen molar-refractivity contribution in [2.75, 3.05) is 19.6 Å². The zero-order valence-electron chi connectivity index (χ0n) is 8.91. The summed E-state index contributed by atoms with van der Waals surface area (Å²) in [5.41, 5.74) is 0. The fraction of sp³-hybridized carbons (Fsp3) is 0.600. The first-order valence-electron chi connectivity index (χ1n) is 5.15. The normalized spacial score (nSPS) is 17.2. The number of nitrogens with zero attached hydrogens (tertiary/aromatic N) is 2. The molecule has 84 valence electrons. The molecular weight excluding hydrogens is 603 g/mol. The van der Waals surface area contributed by atoms with Gasteiger partial charge in [0.2, 0.25) is 0 Å². The van der Waals surface area contributed by atoms with Gasteiger partial charge in [-0.2, -0.15) is 6.20 Å². The van der Waals surface area contributed by atoms with E-state index in [2.05, 4.69) is 46.0 Å². The molecule has 0 N–H and O–H groups in total. The molecule has 0 atom stereocenters. The van der Waals surface area contributed by atoms with Gasteiger partial charge in [-0.3, -0.25) is 0 Å². The third-order valence-corrected chi connectivity index (χ3v) is 1.78. The van der Waals surface area contributed by atoms with E-state index in [4.69, 9.17) is 0 Å². The van der Waals surface area contributed by atoms with Gasteiger partial charge in [-0.05, 0) is 0 Å². The molecule has 0 bridgehead atoms. The molecule has 0 aliphatic carbocycles. The van der Waals surface area contributed by atoms with E-state index in [-0.39, 0.29) is 15.9 Å². The van der Waals surface area contributed by atoms with Gasteiger partial charge in [-0.1, -0.05) is 31.4 Å². The Hall–Kier alpha value is 1.64. The van der Waals surface area contributed by atoms with Gasteiger partial charge in [0.05, 0.1) is 0 Å². The van der Waals surface area contributed by atoms with Gasteiger partial charge in [0.15, 0.2) is 0 Å². The van der Waals surface area contributed by atoms with E-state index < -0.39 is 0 Å². The zero-order valence-corrected chi connectivity index (χ0v) is 18.7. The molecular formula is C10H16HgI2N2-2. The van der Waals surface area contributed by atoms with Crippen LogP contribution in [0.25, 0.3) is 10.6 Å². The summed E-state index contributed by atoms with van der Waals surface area (Å²) in [5.74, 6) is 0. The van der Waals surface area contributed by atoms with Gasteiger partial charge in [0, 0.05) is 0 Å². The summed E-state index contributed by atoms with van der Waals surface area (Å²) >= 11 is 4.85. The molecule has 1 saturated heterocycles. The Bertz CT molecular complexity index is 147. The quantitative estimate of drug-likeness (QED) is 0.277.